The lowest BCUT2D eigenvalue weighted by Crippen LogP contribution is -2.63. The molecule has 14 N–H and O–H groups in total. The molecule has 1 saturated heterocycles. The number of rotatable bonds is 34. The summed E-state index contributed by atoms with van der Waals surface area (Å²) in [5.74, 6) is -14.7. The summed E-state index contributed by atoms with van der Waals surface area (Å²) in [5, 5.41) is 67.1. The van der Waals surface area contributed by atoms with Crippen LogP contribution in [0, 0.1) is 35.5 Å². The average molecular weight is 1310 g/mol. The van der Waals surface area contributed by atoms with Crippen LogP contribution in [0.3, 0.4) is 0 Å². The van der Waals surface area contributed by atoms with Crippen LogP contribution in [0.2, 0.25) is 0 Å². The lowest BCUT2D eigenvalue weighted by molar-refractivity contribution is -0.157. The van der Waals surface area contributed by atoms with E-state index >= 15 is 0 Å². The number of carboxylic acids is 1. The molecule has 0 bridgehead atoms. The maximum absolute atomic E-state index is 15.0. The van der Waals surface area contributed by atoms with Crippen molar-refractivity contribution in [3.05, 3.63) is 0 Å². The highest BCUT2D eigenvalue weighted by Crippen LogP contribution is 2.18. The number of unbranched alkanes of at least 4 members (excludes halogenated alkanes) is 9. The summed E-state index contributed by atoms with van der Waals surface area (Å²) < 4.78 is 5.85. The fraction of sp³-hybridized carbons (Fsp3) is 0.815. The number of cyclic esters (lactones) is 1. The molecule has 92 heavy (non-hydrogen) atoms. The molecule has 1 fully saturated rings. The normalized spacial score (nSPS) is 23.5. The summed E-state index contributed by atoms with van der Waals surface area (Å²) in [7, 11) is 0. The number of aliphatic hydroxyl groups is 3. The van der Waals surface area contributed by atoms with Gasteiger partial charge in [-0.25, -0.2) is 4.79 Å². The molecular formula is C65H116N10O17. The van der Waals surface area contributed by atoms with E-state index in [9.17, 15) is 78.0 Å². The van der Waals surface area contributed by atoms with E-state index in [1.54, 1.807) is 69.2 Å². The van der Waals surface area contributed by atoms with E-state index in [0.29, 0.717) is 12.8 Å². The predicted octanol–water partition coefficient (Wildman–Crippen LogP) is 2.58. The monoisotopic (exact) mass is 1310 g/mol. The third kappa shape index (κ3) is 32.4. The van der Waals surface area contributed by atoms with Gasteiger partial charge in [0.05, 0.1) is 25.7 Å². The van der Waals surface area contributed by atoms with Gasteiger partial charge in [0.25, 0.3) is 0 Å². The minimum atomic E-state index is -1.99. The van der Waals surface area contributed by atoms with E-state index in [2.05, 4.69) is 60.1 Å². The number of aliphatic hydroxyl groups excluding tert-OH is 3. The number of hydrogen-bond donors (Lipinski definition) is 14. The van der Waals surface area contributed by atoms with E-state index < -0.39 is 182 Å². The van der Waals surface area contributed by atoms with Crippen LogP contribution < -0.4 is 53.2 Å². The zero-order chi connectivity index (χ0) is 69.9. The Kier molecular flexibility index (Phi) is 40.1. The molecule has 27 nitrogen and oxygen atoms in total. The largest absolute Gasteiger partial charge is 0.481 e. The van der Waals surface area contributed by atoms with Crippen molar-refractivity contribution in [1.82, 2.24) is 53.2 Å². The van der Waals surface area contributed by atoms with E-state index in [0.717, 1.165) is 25.7 Å². The second kappa shape index (κ2) is 44.2. The molecule has 528 valence electrons. The lowest BCUT2D eigenvalue weighted by Gasteiger charge is -2.32. The van der Waals surface area contributed by atoms with Crippen molar-refractivity contribution in [3.8, 4) is 0 Å². The smallest absolute Gasteiger partial charge is 0.329 e. The van der Waals surface area contributed by atoms with Crippen molar-refractivity contribution in [2.75, 3.05) is 13.2 Å². The van der Waals surface area contributed by atoms with Crippen molar-refractivity contribution >= 4 is 71.0 Å². The molecule has 10 amide bonds. The minimum absolute atomic E-state index is 0.00510. The zero-order valence-corrected chi connectivity index (χ0v) is 57.3. The maximum atomic E-state index is 15.0. The fourth-order valence-corrected chi connectivity index (χ4v) is 10.5. The van der Waals surface area contributed by atoms with E-state index in [1.165, 1.54) is 52.9 Å². The van der Waals surface area contributed by atoms with Crippen LogP contribution in [0.1, 0.15) is 219 Å². The summed E-state index contributed by atoms with van der Waals surface area (Å²) in [4.78, 5) is 169. The van der Waals surface area contributed by atoms with E-state index in [-0.39, 0.29) is 62.2 Å². The molecule has 0 aromatic carbocycles. The Labute approximate surface area is 545 Å². The molecule has 1 aliphatic heterocycles. The number of aliphatic carboxylic acids is 1. The Bertz CT molecular complexity index is 2360. The molecule has 0 aliphatic carbocycles. The molecular weight excluding hydrogens is 1190 g/mol. The Hall–Kier alpha value is -6.48. The molecule has 1 rings (SSSR count). The second-order valence-corrected chi connectivity index (χ2v) is 26.9. The van der Waals surface area contributed by atoms with Gasteiger partial charge in [0.2, 0.25) is 59.1 Å². The van der Waals surface area contributed by atoms with Crippen molar-refractivity contribution in [2.45, 2.75) is 292 Å². The van der Waals surface area contributed by atoms with E-state index in [4.69, 9.17) is 4.74 Å². The number of nitrogens with one attached hydrogen (secondary N) is 10. The Balaban J connectivity index is 3.99. The van der Waals surface area contributed by atoms with Gasteiger partial charge in [-0.3, -0.25) is 52.7 Å². The lowest BCUT2D eigenvalue weighted by atomic mass is 9.96. The van der Waals surface area contributed by atoms with Gasteiger partial charge in [-0.1, -0.05) is 161 Å². The fourth-order valence-electron chi connectivity index (χ4n) is 10.5. The first-order valence-electron chi connectivity index (χ1n) is 33.5. The van der Waals surface area contributed by atoms with Gasteiger partial charge < -0.3 is 78.3 Å². The topological polar surface area (TPSA) is 415 Å². The first-order chi connectivity index (χ1) is 43.2. The minimum Gasteiger partial charge on any atom is -0.481 e. The van der Waals surface area contributed by atoms with Crippen LogP contribution in [-0.4, -0.2) is 177 Å². The molecule has 0 spiro atoms. The molecule has 0 aromatic rings. The highest BCUT2D eigenvalue weighted by molar-refractivity contribution is 5.99. The van der Waals surface area contributed by atoms with Crippen molar-refractivity contribution in [1.29, 1.82) is 0 Å². The van der Waals surface area contributed by atoms with Gasteiger partial charge in [0.1, 0.15) is 66.5 Å². The van der Waals surface area contributed by atoms with Crippen molar-refractivity contribution in [3.63, 3.8) is 0 Å². The van der Waals surface area contributed by atoms with Crippen LogP contribution in [-0.2, 0) is 62.3 Å². The second-order valence-electron chi connectivity index (χ2n) is 26.9. The number of amides is 10. The molecule has 0 radical (unpaired) electrons. The maximum Gasteiger partial charge on any atom is 0.329 e. The van der Waals surface area contributed by atoms with Gasteiger partial charge in [-0.15, -0.1) is 0 Å². The summed E-state index contributed by atoms with van der Waals surface area (Å²) >= 11 is 0. The van der Waals surface area contributed by atoms with E-state index in [1.807, 2.05) is 0 Å². The number of ether oxygens (including phenoxy) is 1. The molecule has 27 heteroatoms. The molecule has 1 aliphatic rings. The third-order valence-electron chi connectivity index (χ3n) is 16.0. The van der Waals surface area contributed by atoms with Crippen LogP contribution in [0.5, 0.6) is 0 Å². The Morgan fingerprint density at radius 3 is 1.35 bits per heavy atom. The third-order valence-corrected chi connectivity index (χ3v) is 16.0. The van der Waals surface area contributed by atoms with Crippen LogP contribution in [0.4, 0.5) is 0 Å². The SMILES string of the molecule is CCCCCCCCCCCC[C@H](O)CC(=O)N[C@H](CC(C)C)C(=O)N[C@H](CCC(=O)O)C(=O)N[C@H]1C(=O)N[C@@H]([C@H](C)CC)C(=O)N[C@@H](CC(C)C)C(=O)N[C@H](CO)C(=O)N[C@@H](CC(C)C)C(=O)N[C@@H](CC(C)C)C(=O)N[C@H](CO)C(=O)N[C@H](C(C)C)C(=O)O[C@@H]1C. The summed E-state index contributed by atoms with van der Waals surface area (Å²) in [6.07, 6.45) is 7.11. The average Bonchev–Trinajstić information content (AvgIpc) is 0.953. The summed E-state index contributed by atoms with van der Waals surface area (Å²) in [6.45, 7) is 21.8. The van der Waals surface area contributed by atoms with Crippen LogP contribution >= 0.6 is 0 Å². The number of hydrogen-bond acceptors (Lipinski definition) is 16. The number of carbonyl (C=O) groups excluding carboxylic acids is 11. The molecule has 1 heterocycles. The van der Waals surface area contributed by atoms with Gasteiger partial charge in [0.15, 0.2) is 0 Å². The van der Waals surface area contributed by atoms with Crippen LogP contribution in [0.15, 0.2) is 0 Å². The highest BCUT2D eigenvalue weighted by atomic mass is 16.5. The standard InChI is InChI=1S/C65H116N10O17/c1-15-17-18-19-20-21-22-23-24-25-26-43(78)33-51(79)66-45(29-36(3)4)57(83)67-44(27-28-52(80)81)56(82)75-55-42(14)92-65(91)53(40(11)12)73-62(88)50(35-77)72-59(85)47(31-38(7)8)68-58(84)46(30-37(5)6)69-61(87)49(34-76)71-60(86)48(32-39(9)10)70-63(89)54(41(13)16-2)74-64(55)90/h36-50,53-55,76-78H,15-35H2,1-14H3,(H,66,79)(H,67,83)(H,68,84)(H,69,87)(H,70,89)(H,71,86)(H,72,85)(H,73,88)(H,74,90)(H,75,82)(H,80,81)/t41-,42-,43+,44-,45-,46+,47+,48+,49-,50-,53-,54+,55-/m1/s1. The summed E-state index contributed by atoms with van der Waals surface area (Å²) in [6, 6.07) is -15.7. The number of carbonyl (C=O) groups is 12. The number of carboxylic acid groups (broad SMARTS) is 1. The summed E-state index contributed by atoms with van der Waals surface area (Å²) in [5.41, 5.74) is 0. The number of esters is 1. The molecule has 0 aromatic heterocycles. The van der Waals surface area contributed by atoms with Crippen LogP contribution in [0.25, 0.3) is 0 Å². The highest BCUT2D eigenvalue weighted by Gasteiger charge is 2.41. The molecule has 0 saturated carbocycles. The van der Waals surface area contributed by atoms with Gasteiger partial charge in [-0.2, -0.15) is 0 Å². The first kappa shape index (κ1) is 83.5. The Morgan fingerprint density at radius 1 is 0.500 bits per heavy atom. The predicted molar refractivity (Wildman–Crippen MR) is 345 cm³/mol. The van der Waals surface area contributed by atoms with Gasteiger partial charge in [0, 0.05) is 6.42 Å². The zero-order valence-electron chi connectivity index (χ0n) is 57.3. The van der Waals surface area contributed by atoms with Gasteiger partial charge in [-0.05, 0) is 81.0 Å². The molecule has 13 atom stereocenters. The molecule has 0 unspecified atom stereocenters. The first-order valence-corrected chi connectivity index (χ1v) is 33.5. The van der Waals surface area contributed by atoms with Gasteiger partial charge >= 0.3 is 11.9 Å². The quantitative estimate of drug-likeness (QED) is 0.0325. The van der Waals surface area contributed by atoms with Crippen molar-refractivity contribution in [2.24, 2.45) is 35.5 Å². The Morgan fingerprint density at radius 2 is 0.924 bits per heavy atom. The van der Waals surface area contributed by atoms with Crippen molar-refractivity contribution < 1.29 is 82.7 Å².